The Morgan fingerprint density at radius 3 is 1.87 bits per heavy atom. The molecule has 0 aliphatic heterocycles. The molecule has 1 N–H and O–H groups in total. The molecule has 1 saturated carbocycles. The molecule has 15 heavy (non-hydrogen) atoms. The lowest BCUT2D eigenvalue weighted by Crippen LogP contribution is -2.52. The molecule has 0 bridgehead atoms. The molecule has 0 aromatic carbocycles. The molecule has 0 heterocycles. The van der Waals surface area contributed by atoms with Crippen molar-refractivity contribution in [1.82, 2.24) is 5.32 Å². The highest BCUT2D eigenvalue weighted by atomic mass is 16.1. The predicted octanol–water partition coefficient (Wildman–Crippen LogP) is 2.77. The molecule has 2 nitrogen and oxygen atoms in total. The molecular formula is C13H25NO. The van der Waals surface area contributed by atoms with Gasteiger partial charge in [0.05, 0.1) is 6.04 Å². The highest BCUT2D eigenvalue weighted by Crippen LogP contribution is 2.36. The van der Waals surface area contributed by atoms with Gasteiger partial charge in [0, 0.05) is 11.0 Å². The summed E-state index contributed by atoms with van der Waals surface area (Å²) in [6.45, 7) is 12.4. The van der Waals surface area contributed by atoms with Crippen LogP contribution in [0.3, 0.4) is 0 Å². The molecule has 0 aromatic heterocycles. The van der Waals surface area contributed by atoms with Crippen molar-refractivity contribution in [2.24, 2.45) is 11.3 Å². The summed E-state index contributed by atoms with van der Waals surface area (Å²) in [5.74, 6) is 0.941. The lowest BCUT2D eigenvalue weighted by molar-refractivity contribution is -0.129. The zero-order chi connectivity index (χ0) is 11.9. The fourth-order valence-corrected chi connectivity index (χ4v) is 1.76. The maximum Gasteiger partial charge on any atom is 0.155 e. The molecular weight excluding hydrogens is 186 g/mol. The molecule has 1 unspecified atom stereocenters. The molecule has 0 amide bonds. The Balaban J connectivity index is 2.71. The van der Waals surface area contributed by atoms with E-state index in [1.54, 1.807) is 0 Å². The van der Waals surface area contributed by atoms with Crippen LogP contribution in [0.2, 0.25) is 0 Å². The fourth-order valence-electron chi connectivity index (χ4n) is 1.76. The third-order valence-electron chi connectivity index (χ3n) is 2.70. The minimum Gasteiger partial charge on any atom is -0.302 e. The van der Waals surface area contributed by atoms with Gasteiger partial charge in [0.25, 0.3) is 0 Å². The number of Topliss-reactive ketones (excluding diaryl/α,β-unsaturated/α-hetero) is 1. The van der Waals surface area contributed by atoms with Crippen LogP contribution in [-0.4, -0.2) is 17.4 Å². The van der Waals surface area contributed by atoms with Crippen molar-refractivity contribution in [3.05, 3.63) is 0 Å². The van der Waals surface area contributed by atoms with Gasteiger partial charge in [-0.1, -0.05) is 20.8 Å². The number of carbonyl (C=O) groups excluding carboxylic acids is 1. The van der Waals surface area contributed by atoms with Crippen LogP contribution in [0.4, 0.5) is 0 Å². The molecule has 1 atom stereocenters. The van der Waals surface area contributed by atoms with E-state index in [1.807, 2.05) is 20.8 Å². The molecule has 1 aliphatic rings. The first kappa shape index (κ1) is 12.7. The van der Waals surface area contributed by atoms with Crippen molar-refractivity contribution in [2.45, 2.75) is 66.0 Å². The summed E-state index contributed by atoms with van der Waals surface area (Å²) >= 11 is 0. The average Bonchev–Trinajstić information content (AvgIpc) is 2.77. The topological polar surface area (TPSA) is 29.1 Å². The van der Waals surface area contributed by atoms with E-state index in [0.717, 1.165) is 0 Å². The Hall–Kier alpha value is -0.370. The SMILES string of the molecule is CC(C)(C)NC(C(=O)C(C)(C)C)C1CC1. The first-order valence-corrected chi connectivity index (χ1v) is 5.93. The second kappa shape index (κ2) is 3.89. The molecule has 88 valence electrons. The van der Waals surface area contributed by atoms with E-state index in [2.05, 4.69) is 26.1 Å². The van der Waals surface area contributed by atoms with E-state index in [-0.39, 0.29) is 17.0 Å². The summed E-state index contributed by atoms with van der Waals surface area (Å²) in [5, 5.41) is 3.47. The first-order chi connectivity index (χ1) is 6.61. The summed E-state index contributed by atoms with van der Waals surface area (Å²) in [6, 6.07) is 0.0602. The molecule has 1 rings (SSSR count). The van der Waals surface area contributed by atoms with Gasteiger partial charge in [-0.2, -0.15) is 0 Å². The Labute approximate surface area is 93.8 Å². The number of nitrogens with one attached hydrogen (secondary N) is 1. The molecule has 0 saturated heterocycles. The largest absolute Gasteiger partial charge is 0.302 e. The number of carbonyl (C=O) groups is 1. The maximum atomic E-state index is 12.3. The van der Waals surface area contributed by atoms with E-state index in [9.17, 15) is 4.79 Å². The van der Waals surface area contributed by atoms with Crippen molar-refractivity contribution in [3.8, 4) is 0 Å². The van der Waals surface area contributed by atoms with Crippen LogP contribution in [0, 0.1) is 11.3 Å². The number of hydrogen-bond acceptors (Lipinski definition) is 2. The fraction of sp³-hybridized carbons (Fsp3) is 0.923. The summed E-state index contributed by atoms with van der Waals surface area (Å²) in [5.41, 5.74) is -0.209. The summed E-state index contributed by atoms with van der Waals surface area (Å²) in [7, 11) is 0. The highest BCUT2D eigenvalue weighted by Gasteiger charge is 2.41. The Morgan fingerprint density at radius 1 is 1.13 bits per heavy atom. The normalized spacial score (nSPS) is 20.1. The van der Waals surface area contributed by atoms with Gasteiger partial charge in [-0.3, -0.25) is 4.79 Å². The third-order valence-corrected chi connectivity index (χ3v) is 2.70. The quantitative estimate of drug-likeness (QED) is 0.777. The van der Waals surface area contributed by atoms with Crippen molar-refractivity contribution >= 4 is 5.78 Å². The van der Waals surface area contributed by atoms with Gasteiger partial charge < -0.3 is 5.32 Å². The minimum atomic E-state index is -0.231. The van der Waals surface area contributed by atoms with Gasteiger partial charge in [0.1, 0.15) is 0 Å². The Morgan fingerprint density at radius 2 is 1.60 bits per heavy atom. The van der Waals surface area contributed by atoms with Gasteiger partial charge in [-0.25, -0.2) is 0 Å². The standard InChI is InChI=1S/C13H25NO/c1-12(2,3)11(15)10(9-7-8-9)14-13(4,5)6/h9-10,14H,7-8H2,1-6H3. The van der Waals surface area contributed by atoms with Gasteiger partial charge in [-0.15, -0.1) is 0 Å². The Bertz CT molecular complexity index is 240. The third kappa shape index (κ3) is 3.94. The van der Waals surface area contributed by atoms with Crippen LogP contribution in [-0.2, 0) is 4.79 Å². The van der Waals surface area contributed by atoms with Crippen LogP contribution in [0.1, 0.15) is 54.4 Å². The van der Waals surface area contributed by atoms with Gasteiger partial charge in [-0.05, 0) is 39.5 Å². The van der Waals surface area contributed by atoms with E-state index in [4.69, 9.17) is 0 Å². The maximum absolute atomic E-state index is 12.3. The van der Waals surface area contributed by atoms with Crippen molar-refractivity contribution in [3.63, 3.8) is 0 Å². The van der Waals surface area contributed by atoms with Gasteiger partial charge in [0.15, 0.2) is 5.78 Å². The molecule has 2 heteroatoms. The minimum absolute atomic E-state index is 0.0220. The average molecular weight is 211 g/mol. The number of hydrogen-bond donors (Lipinski definition) is 1. The molecule has 0 radical (unpaired) electrons. The van der Waals surface area contributed by atoms with E-state index in [0.29, 0.717) is 11.7 Å². The predicted molar refractivity (Wildman–Crippen MR) is 63.9 cm³/mol. The molecule has 1 aliphatic carbocycles. The van der Waals surface area contributed by atoms with Crippen molar-refractivity contribution < 1.29 is 4.79 Å². The summed E-state index contributed by atoms with van der Waals surface area (Å²) < 4.78 is 0. The monoisotopic (exact) mass is 211 g/mol. The van der Waals surface area contributed by atoms with Crippen LogP contribution in [0.15, 0.2) is 0 Å². The van der Waals surface area contributed by atoms with E-state index < -0.39 is 0 Å². The smallest absolute Gasteiger partial charge is 0.155 e. The summed E-state index contributed by atoms with van der Waals surface area (Å²) in [4.78, 5) is 12.3. The van der Waals surface area contributed by atoms with Crippen molar-refractivity contribution in [1.29, 1.82) is 0 Å². The van der Waals surface area contributed by atoms with E-state index in [1.165, 1.54) is 12.8 Å². The number of rotatable bonds is 3. The van der Waals surface area contributed by atoms with Crippen LogP contribution in [0.25, 0.3) is 0 Å². The molecule has 0 aromatic rings. The van der Waals surface area contributed by atoms with Crippen molar-refractivity contribution in [2.75, 3.05) is 0 Å². The highest BCUT2D eigenvalue weighted by molar-refractivity contribution is 5.89. The zero-order valence-electron chi connectivity index (χ0n) is 11.0. The second-order valence-corrected chi connectivity index (χ2v) is 6.82. The van der Waals surface area contributed by atoms with Crippen LogP contribution in [0.5, 0.6) is 0 Å². The van der Waals surface area contributed by atoms with E-state index >= 15 is 0 Å². The first-order valence-electron chi connectivity index (χ1n) is 5.93. The van der Waals surface area contributed by atoms with Crippen LogP contribution >= 0.6 is 0 Å². The van der Waals surface area contributed by atoms with Crippen LogP contribution < -0.4 is 5.32 Å². The second-order valence-electron chi connectivity index (χ2n) is 6.82. The molecule has 0 spiro atoms. The van der Waals surface area contributed by atoms with Gasteiger partial charge >= 0.3 is 0 Å². The van der Waals surface area contributed by atoms with Gasteiger partial charge in [0.2, 0.25) is 0 Å². The molecule has 1 fully saturated rings. The summed E-state index contributed by atoms with van der Waals surface area (Å²) in [6.07, 6.45) is 2.41. The zero-order valence-corrected chi connectivity index (χ0v) is 11.0. The number of ketones is 1. The lowest BCUT2D eigenvalue weighted by atomic mass is 9.84. The Kier molecular flexibility index (Phi) is 3.30. The lowest BCUT2D eigenvalue weighted by Gasteiger charge is -2.31.